The molecular weight excluding hydrogens is 332 g/mol. The van der Waals surface area contributed by atoms with E-state index in [1.807, 2.05) is 25.7 Å². The summed E-state index contributed by atoms with van der Waals surface area (Å²) in [4.78, 5) is 21.5. The van der Waals surface area contributed by atoms with Gasteiger partial charge >= 0.3 is 6.09 Å². The van der Waals surface area contributed by atoms with Gasteiger partial charge in [0, 0.05) is 25.0 Å². The van der Waals surface area contributed by atoms with Crippen LogP contribution in [0.4, 0.5) is 4.79 Å². The molecule has 2 rings (SSSR count). The maximum atomic E-state index is 11.9. The van der Waals surface area contributed by atoms with Gasteiger partial charge in [-0.05, 0) is 66.0 Å². The fourth-order valence-electron chi connectivity index (χ4n) is 3.73. The Kier molecular flexibility index (Phi) is 8.17. The van der Waals surface area contributed by atoms with Crippen molar-refractivity contribution in [2.24, 2.45) is 11.1 Å². The third-order valence-electron chi connectivity index (χ3n) is 5.13. The summed E-state index contributed by atoms with van der Waals surface area (Å²) in [5.41, 5.74) is 0.521. The van der Waals surface area contributed by atoms with Crippen LogP contribution < -0.4 is 0 Å². The summed E-state index contributed by atoms with van der Waals surface area (Å²) >= 11 is 0. The number of oxime groups is 1. The van der Waals surface area contributed by atoms with Gasteiger partial charge in [-0.15, -0.1) is 0 Å². The highest BCUT2D eigenvalue weighted by molar-refractivity contribution is 5.99. The Bertz CT molecular complexity index is 521. The minimum atomic E-state index is -0.188. The highest BCUT2D eigenvalue weighted by Gasteiger charge is 2.30. The molecule has 0 spiro atoms. The quantitative estimate of drug-likeness (QED) is 0.553. The Balaban J connectivity index is 1.83. The number of carbonyl (C=O) groups excluding carboxylic acids is 1. The third kappa shape index (κ3) is 5.87. The standard InChI is InChI=1S/C19H32N4O3/c1-4-25-19(24)23-10-5-6-17(9-13-23)22-11-7-16(8-12-22)18(14-20)21-26-15(2)3/h15-17H,4-13H2,1-3H3. The van der Waals surface area contributed by atoms with Gasteiger partial charge in [-0.25, -0.2) is 4.79 Å². The average Bonchev–Trinajstić information content (AvgIpc) is 2.89. The molecule has 146 valence electrons. The predicted molar refractivity (Wildman–Crippen MR) is 99.8 cm³/mol. The van der Waals surface area contributed by atoms with E-state index in [0.29, 0.717) is 18.4 Å². The summed E-state index contributed by atoms with van der Waals surface area (Å²) in [5.74, 6) is 0.191. The molecule has 0 aromatic heterocycles. The molecule has 2 aliphatic rings. The molecule has 0 aliphatic carbocycles. The van der Waals surface area contributed by atoms with Crippen LogP contribution in [0.3, 0.4) is 0 Å². The van der Waals surface area contributed by atoms with E-state index in [1.165, 1.54) is 0 Å². The second-order valence-electron chi connectivity index (χ2n) is 7.32. The molecule has 1 amide bonds. The fraction of sp³-hybridized carbons (Fsp3) is 0.842. The van der Waals surface area contributed by atoms with E-state index >= 15 is 0 Å². The van der Waals surface area contributed by atoms with Crippen LogP contribution in [0, 0.1) is 17.2 Å². The first-order chi connectivity index (χ1) is 12.5. The molecule has 7 heteroatoms. The summed E-state index contributed by atoms with van der Waals surface area (Å²) in [6, 6.07) is 2.71. The lowest BCUT2D eigenvalue weighted by Crippen LogP contribution is -2.43. The van der Waals surface area contributed by atoms with Gasteiger partial charge in [0.25, 0.3) is 0 Å². The highest BCUT2D eigenvalue weighted by Crippen LogP contribution is 2.25. The Morgan fingerprint density at radius 3 is 2.54 bits per heavy atom. The Hall–Kier alpha value is -1.81. The molecule has 0 bridgehead atoms. The van der Waals surface area contributed by atoms with Crippen LogP contribution in [0.1, 0.15) is 52.9 Å². The van der Waals surface area contributed by atoms with Gasteiger partial charge in [-0.3, -0.25) is 0 Å². The molecule has 2 fully saturated rings. The van der Waals surface area contributed by atoms with Crippen molar-refractivity contribution in [1.82, 2.24) is 9.80 Å². The van der Waals surface area contributed by atoms with Crippen LogP contribution in [0.25, 0.3) is 0 Å². The van der Waals surface area contributed by atoms with Gasteiger partial charge in [0.2, 0.25) is 0 Å². The van der Waals surface area contributed by atoms with Crippen molar-refractivity contribution in [1.29, 1.82) is 5.26 Å². The van der Waals surface area contributed by atoms with Gasteiger partial charge < -0.3 is 19.4 Å². The Morgan fingerprint density at radius 2 is 1.92 bits per heavy atom. The van der Waals surface area contributed by atoms with E-state index in [-0.39, 0.29) is 18.1 Å². The van der Waals surface area contributed by atoms with Crippen LogP contribution in [0.15, 0.2) is 5.16 Å². The summed E-state index contributed by atoms with van der Waals surface area (Å²) < 4.78 is 5.13. The number of carbonyl (C=O) groups is 1. The molecule has 0 aromatic rings. The van der Waals surface area contributed by atoms with Crippen molar-refractivity contribution in [2.75, 3.05) is 32.8 Å². The molecule has 0 N–H and O–H groups in total. The summed E-state index contributed by atoms with van der Waals surface area (Å²) in [7, 11) is 0. The topological polar surface area (TPSA) is 78.2 Å². The van der Waals surface area contributed by atoms with E-state index in [4.69, 9.17) is 9.57 Å². The fourth-order valence-corrected chi connectivity index (χ4v) is 3.73. The number of hydrogen-bond acceptors (Lipinski definition) is 6. The summed E-state index contributed by atoms with van der Waals surface area (Å²) in [6.45, 7) is 9.57. The van der Waals surface area contributed by atoms with E-state index in [1.54, 1.807) is 0 Å². The second kappa shape index (κ2) is 10.4. The molecule has 7 nitrogen and oxygen atoms in total. The normalized spacial score (nSPS) is 23.4. The molecule has 0 radical (unpaired) electrons. The van der Waals surface area contributed by atoms with Crippen LogP contribution in [0.5, 0.6) is 0 Å². The molecular formula is C19H32N4O3. The molecule has 2 saturated heterocycles. The molecule has 2 aliphatic heterocycles. The maximum Gasteiger partial charge on any atom is 0.409 e. The van der Waals surface area contributed by atoms with Crippen LogP contribution in [0.2, 0.25) is 0 Å². The average molecular weight is 364 g/mol. The predicted octanol–water partition coefficient (Wildman–Crippen LogP) is 3.01. The largest absolute Gasteiger partial charge is 0.450 e. The van der Waals surface area contributed by atoms with Crippen LogP contribution >= 0.6 is 0 Å². The highest BCUT2D eigenvalue weighted by atomic mass is 16.6. The molecule has 0 aromatic carbocycles. The van der Waals surface area contributed by atoms with Gasteiger partial charge in [-0.1, -0.05) is 5.16 Å². The molecule has 0 saturated carbocycles. The van der Waals surface area contributed by atoms with Crippen molar-refractivity contribution in [2.45, 2.75) is 65.0 Å². The SMILES string of the molecule is CCOC(=O)N1CCCC(N2CCC(C(C#N)=NOC(C)C)CC2)CC1. The first kappa shape index (κ1) is 20.5. The third-order valence-corrected chi connectivity index (χ3v) is 5.13. The molecule has 26 heavy (non-hydrogen) atoms. The lowest BCUT2D eigenvalue weighted by Gasteiger charge is -2.36. The zero-order valence-corrected chi connectivity index (χ0v) is 16.3. The van der Waals surface area contributed by atoms with Gasteiger partial charge in [0.05, 0.1) is 6.61 Å². The number of piperidine rings is 1. The van der Waals surface area contributed by atoms with E-state index in [0.717, 1.165) is 58.3 Å². The first-order valence-corrected chi connectivity index (χ1v) is 9.84. The van der Waals surface area contributed by atoms with Crippen LogP contribution in [-0.4, -0.2) is 66.5 Å². The number of amides is 1. The smallest absolute Gasteiger partial charge is 0.409 e. The summed E-state index contributed by atoms with van der Waals surface area (Å²) in [5, 5.41) is 13.4. The lowest BCUT2D eigenvalue weighted by atomic mass is 9.91. The van der Waals surface area contributed by atoms with Crippen LogP contribution in [-0.2, 0) is 9.57 Å². The van der Waals surface area contributed by atoms with Gasteiger partial charge in [-0.2, -0.15) is 5.26 Å². The van der Waals surface area contributed by atoms with Crippen molar-refractivity contribution < 1.29 is 14.4 Å². The number of nitrogens with zero attached hydrogens (tertiary/aromatic N) is 4. The van der Waals surface area contributed by atoms with Crippen molar-refractivity contribution in [3.05, 3.63) is 0 Å². The Morgan fingerprint density at radius 1 is 1.19 bits per heavy atom. The second-order valence-corrected chi connectivity index (χ2v) is 7.32. The van der Waals surface area contributed by atoms with Gasteiger partial charge in [0.1, 0.15) is 12.2 Å². The van der Waals surface area contributed by atoms with E-state index in [2.05, 4.69) is 16.1 Å². The zero-order valence-electron chi connectivity index (χ0n) is 16.3. The summed E-state index contributed by atoms with van der Waals surface area (Å²) in [6.07, 6.45) is 4.78. The number of ether oxygens (including phenoxy) is 1. The minimum Gasteiger partial charge on any atom is -0.450 e. The molecule has 2 heterocycles. The minimum absolute atomic E-state index is 0.00762. The zero-order chi connectivity index (χ0) is 18.9. The number of nitriles is 1. The maximum absolute atomic E-state index is 11.9. The van der Waals surface area contributed by atoms with E-state index < -0.39 is 0 Å². The lowest BCUT2D eigenvalue weighted by molar-refractivity contribution is 0.0829. The van der Waals surface area contributed by atoms with Crippen molar-refractivity contribution in [3.8, 4) is 6.07 Å². The first-order valence-electron chi connectivity index (χ1n) is 9.84. The Labute approximate surface area is 156 Å². The monoisotopic (exact) mass is 364 g/mol. The number of hydrogen-bond donors (Lipinski definition) is 0. The van der Waals surface area contributed by atoms with E-state index in [9.17, 15) is 10.1 Å². The van der Waals surface area contributed by atoms with Crippen molar-refractivity contribution in [3.63, 3.8) is 0 Å². The molecule has 1 unspecified atom stereocenters. The molecule has 1 atom stereocenters. The number of rotatable bonds is 5. The van der Waals surface area contributed by atoms with Gasteiger partial charge in [0.15, 0.2) is 5.71 Å². The van der Waals surface area contributed by atoms with Crippen molar-refractivity contribution >= 4 is 11.8 Å². The number of likely N-dealkylation sites (tertiary alicyclic amines) is 2.